The Morgan fingerprint density at radius 3 is 2.43 bits per heavy atom. The third-order valence-electron chi connectivity index (χ3n) is 4.25. The van der Waals surface area contributed by atoms with Gasteiger partial charge in [0.15, 0.2) is 0 Å². The predicted octanol–water partition coefficient (Wildman–Crippen LogP) is 5.35. The summed E-state index contributed by atoms with van der Waals surface area (Å²) in [6, 6.07) is 21.5. The van der Waals surface area contributed by atoms with Crippen LogP contribution in [0.5, 0.6) is 11.5 Å². The van der Waals surface area contributed by atoms with E-state index in [1.807, 2.05) is 48.5 Å². The van der Waals surface area contributed by atoms with Gasteiger partial charge in [0.1, 0.15) is 11.5 Å². The van der Waals surface area contributed by atoms with Crippen LogP contribution in [0.3, 0.4) is 0 Å². The molecule has 0 aliphatic rings. The van der Waals surface area contributed by atoms with Crippen LogP contribution in [0, 0.1) is 0 Å². The first-order chi connectivity index (χ1) is 13.6. The van der Waals surface area contributed by atoms with Gasteiger partial charge < -0.3 is 10.2 Å². The van der Waals surface area contributed by atoms with Crippen molar-refractivity contribution in [3.8, 4) is 28.4 Å². The highest BCUT2D eigenvalue weighted by Gasteiger charge is 2.15. The standard InChI is InChI=1S/C22H16ClN3O2/c23-18-8-4-5-9-20(18)26-19(10-11-25-26)17-12-15(21(27)13-22(17)28)14-24-16-6-2-1-3-7-16/h1-14,27-28H/b24-14+. The van der Waals surface area contributed by atoms with Crippen molar-refractivity contribution in [2.75, 3.05) is 0 Å². The summed E-state index contributed by atoms with van der Waals surface area (Å²) >= 11 is 6.30. The van der Waals surface area contributed by atoms with E-state index in [2.05, 4.69) is 10.1 Å². The molecule has 0 unspecified atom stereocenters. The van der Waals surface area contributed by atoms with Gasteiger partial charge in [0.25, 0.3) is 0 Å². The highest BCUT2D eigenvalue weighted by Crippen LogP contribution is 2.36. The number of phenolic OH excluding ortho intramolecular Hbond substituents is 2. The van der Waals surface area contributed by atoms with E-state index in [0.717, 1.165) is 5.69 Å². The van der Waals surface area contributed by atoms with E-state index in [9.17, 15) is 10.2 Å². The van der Waals surface area contributed by atoms with Crippen molar-refractivity contribution in [1.29, 1.82) is 0 Å². The number of aliphatic imine (C=N–C) groups is 1. The first-order valence-electron chi connectivity index (χ1n) is 8.58. The molecule has 0 spiro atoms. The summed E-state index contributed by atoms with van der Waals surface area (Å²) in [7, 11) is 0. The Hall–Kier alpha value is -3.57. The van der Waals surface area contributed by atoms with Gasteiger partial charge in [0.05, 0.1) is 28.3 Å². The number of aromatic nitrogens is 2. The summed E-state index contributed by atoms with van der Waals surface area (Å²) in [6.07, 6.45) is 3.19. The SMILES string of the molecule is Oc1cc(O)c(-c2ccnn2-c2ccccc2Cl)cc1/C=N/c1ccccc1. The van der Waals surface area contributed by atoms with Gasteiger partial charge in [-0.15, -0.1) is 0 Å². The molecule has 0 saturated heterocycles. The first-order valence-corrected chi connectivity index (χ1v) is 8.95. The molecule has 6 heteroatoms. The molecule has 3 aromatic carbocycles. The number of hydrogen-bond donors (Lipinski definition) is 2. The topological polar surface area (TPSA) is 70.6 Å². The Morgan fingerprint density at radius 2 is 1.64 bits per heavy atom. The number of aromatic hydroxyl groups is 2. The van der Waals surface area contributed by atoms with Crippen molar-refractivity contribution in [1.82, 2.24) is 9.78 Å². The highest BCUT2D eigenvalue weighted by molar-refractivity contribution is 6.32. The molecule has 0 saturated carbocycles. The molecular weight excluding hydrogens is 374 g/mol. The Bertz CT molecular complexity index is 1150. The van der Waals surface area contributed by atoms with E-state index in [1.165, 1.54) is 6.07 Å². The fourth-order valence-electron chi connectivity index (χ4n) is 2.88. The minimum atomic E-state index is -0.0665. The number of phenols is 2. The molecule has 2 N–H and O–H groups in total. The minimum absolute atomic E-state index is 0.0651. The van der Waals surface area contributed by atoms with E-state index >= 15 is 0 Å². The number of hydrogen-bond acceptors (Lipinski definition) is 4. The van der Waals surface area contributed by atoms with Crippen molar-refractivity contribution in [3.63, 3.8) is 0 Å². The van der Waals surface area contributed by atoms with E-state index < -0.39 is 0 Å². The van der Waals surface area contributed by atoms with Gasteiger partial charge in [-0.25, -0.2) is 4.68 Å². The van der Waals surface area contributed by atoms with E-state index in [4.69, 9.17) is 11.6 Å². The highest BCUT2D eigenvalue weighted by atomic mass is 35.5. The molecule has 28 heavy (non-hydrogen) atoms. The van der Waals surface area contributed by atoms with Crippen molar-refractivity contribution in [2.45, 2.75) is 0 Å². The fourth-order valence-corrected chi connectivity index (χ4v) is 3.10. The van der Waals surface area contributed by atoms with Crippen molar-refractivity contribution in [2.24, 2.45) is 4.99 Å². The minimum Gasteiger partial charge on any atom is -0.507 e. The van der Waals surface area contributed by atoms with Gasteiger partial charge in [-0.1, -0.05) is 41.9 Å². The molecular formula is C22H16ClN3O2. The second-order valence-corrected chi connectivity index (χ2v) is 6.51. The lowest BCUT2D eigenvalue weighted by molar-refractivity contribution is 0.451. The molecule has 4 rings (SSSR count). The average Bonchev–Trinajstić information content (AvgIpc) is 3.18. The summed E-state index contributed by atoms with van der Waals surface area (Å²) in [5, 5.41) is 25.5. The quantitative estimate of drug-likeness (QED) is 0.462. The second kappa shape index (κ2) is 7.58. The molecule has 0 amide bonds. The third kappa shape index (κ3) is 3.48. The molecule has 0 radical (unpaired) electrons. The van der Waals surface area contributed by atoms with Crippen LogP contribution in [0.2, 0.25) is 5.02 Å². The van der Waals surface area contributed by atoms with Gasteiger partial charge in [0.2, 0.25) is 0 Å². The van der Waals surface area contributed by atoms with Crippen LogP contribution >= 0.6 is 11.6 Å². The molecule has 0 fully saturated rings. The van der Waals surface area contributed by atoms with Crippen LogP contribution in [-0.2, 0) is 0 Å². The lowest BCUT2D eigenvalue weighted by Crippen LogP contribution is -2.00. The first kappa shape index (κ1) is 17.8. The number of rotatable bonds is 4. The maximum atomic E-state index is 10.4. The fraction of sp³-hybridized carbons (Fsp3) is 0. The molecule has 4 aromatic rings. The van der Waals surface area contributed by atoms with Gasteiger partial charge in [0, 0.05) is 23.4 Å². The number of para-hydroxylation sites is 2. The smallest absolute Gasteiger partial charge is 0.128 e. The van der Waals surface area contributed by atoms with Crippen LogP contribution in [0.1, 0.15) is 5.56 Å². The van der Waals surface area contributed by atoms with Crippen LogP contribution in [-0.4, -0.2) is 26.2 Å². The normalized spacial score (nSPS) is 11.2. The lowest BCUT2D eigenvalue weighted by atomic mass is 10.1. The molecule has 1 heterocycles. The molecule has 0 aliphatic heterocycles. The molecule has 0 bridgehead atoms. The number of nitrogens with zero attached hydrogens (tertiary/aromatic N) is 3. The maximum absolute atomic E-state index is 10.4. The Morgan fingerprint density at radius 1 is 0.893 bits per heavy atom. The Kier molecular flexibility index (Phi) is 4.83. The molecule has 1 aromatic heterocycles. The molecule has 138 valence electrons. The van der Waals surface area contributed by atoms with E-state index in [1.54, 1.807) is 35.3 Å². The van der Waals surface area contributed by atoms with Crippen LogP contribution in [0.4, 0.5) is 5.69 Å². The third-order valence-corrected chi connectivity index (χ3v) is 4.57. The van der Waals surface area contributed by atoms with Crippen LogP contribution < -0.4 is 0 Å². The maximum Gasteiger partial charge on any atom is 0.128 e. The summed E-state index contributed by atoms with van der Waals surface area (Å²) in [5.74, 6) is -0.132. The van der Waals surface area contributed by atoms with Gasteiger partial charge >= 0.3 is 0 Å². The van der Waals surface area contributed by atoms with Crippen molar-refractivity contribution < 1.29 is 10.2 Å². The van der Waals surface area contributed by atoms with Crippen molar-refractivity contribution >= 4 is 23.5 Å². The molecule has 0 atom stereocenters. The predicted molar refractivity (Wildman–Crippen MR) is 111 cm³/mol. The number of benzene rings is 3. The summed E-state index contributed by atoms with van der Waals surface area (Å²) in [5.41, 5.74) is 3.07. The summed E-state index contributed by atoms with van der Waals surface area (Å²) in [4.78, 5) is 4.37. The van der Waals surface area contributed by atoms with E-state index in [-0.39, 0.29) is 11.5 Å². The largest absolute Gasteiger partial charge is 0.507 e. The zero-order valence-corrected chi connectivity index (χ0v) is 15.5. The van der Waals surface area contributed by atoms with Gasteiger partial charge in [-0.3, -0.25) is 4.99 Å². The summed E-state index contributed by atoms with van der Waals surface area (Å²) in [6.45, 7) is 0. The second-order valence-electron chi connectivity index (χ2n) is 6.10. The molecule has 5 nitrogen and oxygen atoms in total. The number of halogens is 1. The van der Waals surface area contributed by atoms with Crippen molar-refractivity contribution in [3.05, 3.63) is 89.6 Å². The molecule has 0 aliphatic carbocycles. The zero-order valence-electron chi connectivity index (χ0n) is 14.7. The monoisotopic (exact) mass is 389 g/mol. The van der Waals surface area contributed by atoms with E-state index in [0.29, 0.717) is 27.5 Å². The van der Waals surface area contributed by atoms with Gasteiger partial charge in [-0.05, 0) is 36.4 Å². The van der Waals surface area contributed by atoms with Crippen LogP contribution in [0.25, 0.3) is 16.9 Å². The van der Waals surface area contributed by atoms with Gasteiger partial charge in [-0.2, -0.15) is 5.10 Å². The zero-order chi connectivity index (χ0) is 19.5. The summed E-state index contributed by atoms with van der Waals surface area (Å²) < 4.78 is 1.65. The average molecular weight is 390 g/mol. The van der Waals surface area contributed by atoms with Crippen LogP contribution in [0.15, 0.2) is 84.0 Å². The Labute approximate surface area is 166 Å². The Balaban J connectivity index is 1.79. The lowest BCUT2D eigenvalue weighted by Gasteiger charge is -2.12.